The maximum absolute atomic E-state index is 11.5. The normalized spacial score (nSPS) is 10.4. The number of amides is 1. The lowest BCUT2D eigenvalue weighted by Gasteiger charge is -2.01. The van der Waals surface area contributed by atoms with E-state index in [0.29, 0.717) is 17.2 Å². The van der Waals surface area contributed by atoms with Crippen LogP contribution in [0.15, 0.2) is 12.4 Å². The Morgan fingerprint density at radius 1 is 1.53 bits per heavy atom. The van der Waals surface area contributed by atoms with Gasteiger partial charge in [0, 0.05) is 19.2 Å². The molecule has 7 nitrogen and oxygen atoms in total. The fourth-order valence-electron chi connectivity index (χ4n) is 1.29. The average molecular weight is 252 g/mol. The largest absolute Gasteiger partial charge is 0.374 e. The van der Waals surface area contributed by atoms with E-state index in [4.69, 9.17) is 5.73 Å². The van der Waals surface area contributed by atoms with Crippen molar-refractivity contribution in [2.75, 3.05) is 12.3 Å². The van der Waals surface area contributed by atoms with Crippen molar-refractivity contribution in [3.63, 3.8) is 0 Å². The first-order valence-corrected chi connectivity index (χ1v) is 5.92. The lowest BCUT2D eigenvalue weighted by atomic mass is 10.3. The number of anilines is 1. The fraction of sp³-hybridized carbons (Fsp3) is 0.333. The van der Waals surface area contributed by atoms with Crippen LogP contribution < -0.4 is 11.1 Å². The van der Waals surface area contributed by atoms with E-state index in [1.54, 1.807) is 6.20 Å². The molecule has 0 aliphatic rings. The molecule has 4 N–H and O–H groups in total. The summed E-state index contributed by atoms with van der Waals surface area (Å²) in [6.45, 7) is 0.587. The van der Waals surface area contributed by atoms with Crippen molar-refractivity contribution in [2.45, 2.75) is 12.8 Å². The van der Waals surface area contributed by atoms with Crippen molar-refractivity contribution in [3.05, 3.63) is 23.0 Å². The predicted molar refractivity (Wildman–Crippen MR) is 63.6 cm³/mol. The second-order valence-corrected chi connectivity index (χ2v) is 4.47. The van der Waals surface area contributed by atoms with Gasteiger partial charge in [0.2, 0.25) is 5.13 Å². The molecule has 0 spiro atoms. The molecule has 2 rings (SSSR count). The third-order valence-electron chi connectivity index (χ3n) is 2.10. The Labute approximate surface area is 101 Å². The molecule has 0 unspecified atom stereocenters. The number of hydrogen-bond donors (Lipinski definition) is 3. The second kappa shape index (κ2) is 5.39. The van der Waals surface area contributed by atoms with Gasteiger partial charge in [-0.25, -0.2) is 0 Å². The van der Waals surface area contributed by atoms with Crippen LogP contribution >= 0.6 is 11.3 Å². The highest BCUT2D eigenvalue weighted by Crippen LogP contribution is 2.12. The molecule has 2 aromatic heterocycles. The lowest BCUT2D eigenvalue weighted by molar-refractivity contribution is 0.0953. The number of rotatable bonds is 5. The number of nitrogens with one attached hydrogen (secondary N) is 2. The molecule has 1 amide bonds. The van der Waals surface area contributed by atoms with Gasteiger partial charge in [-0.2, -0.15) is 5.10 Å². The molecule has 2 heterocycles. The topological polar surface area (TPSA) is 110 Å². The van der Waals surface area contributed by atoms with Gasteiger partial charge >= 0.3 is 0 Å². The average Bonchev–Trinajstić information content (AvgIpc) is 2.95. The lowest BCUT2D eigenvalue weighted by Crippen LogP contribution is -2.24. The van der Waals surface area contributed by atoms with Crippen LogP contribution in [0.4, 0.5) is 5.13 Å². The van der Waals surface area contributed by atoms with Crippen molar-refractivity contribution in [1.82, 2.24) is 25.7 Å². The monoisotopic (exact) mass is 252 g/mol. The SMILES string of the molecule is Nc1nnc(CCCNC(=O)c2cn[nH]c2)s1. The van der Waals surface area contributed by atoms with Gasteiger partial charge in [-0.3, -0.25) is 9.89 Å². The smallest absolute Gasteiger partial charge is 0.254 e. The van der Waals surface area contributed by atoms with E-state index in [9.17, 15) is 4.79 Å². The van der Waals surface area contributed by atoms with Gasteiger partial charge in [-0.1, -0.05) is 11.3 Å². The number of aromatic amines is 1. The number of nitrogens with two attached hydrogens (primary N) is 1. The molecule has 0 radical (unpaired) electrons. The minimum Gasteiger partial charge on any atom is -0.374 e. The van der Waals surface area contributed by atoms with Crippen molar-refractivity contribution < 1.29 is 4.79 Å². The molecule has 17 heavy (non-hydrogen) atoms. The Hall–Kier alpha value is -1.96. The number of aromatic nitrogens is 4. The Morgan fingerprint density at radius 3 is 3.06 bits per heavy atom. The van der Waals surface area contributed by atoms with Crippen LogP contribution in [-0.2, 0) is 6.42 Å². The highest BCUT2D eigenvalue weighted by atomic mass is 32.1. The molecule has 0 aliphatic heterocycles. The van der Waals surface area contributed by atoms with Gasteiger partial charge in [-0.05, 0) is 6.42 Å². The number of carbonyl (C=O) groups is 1. The molecular formula is C9H12N6OS. The van der Waals surface area contributed by atoms with Crippen LogP contribution in [0, 0.1) is 0 Å². The minimum absolute atomic E-state index is 0.129. The predicted octanol–water partition coefficient (Wildman–Crippen LogP) is 0.206. The van der Waals surface area contributed by atoms with Gasteiger partial charge in [0.25, 0.3) is 5.91 Å². The van der Waals surface area contributed by atoms with Crippen molar-refractivity contribution in [1.29, 1.82) is 0 Å². The van der Waals surface area contributed by atoms with Crippen LogP contribution in [0.1, 0.15) is 21.8 Å². The number of carbonyl (C=O) groups excluding carboxylic acids is 1. The molecule has 0 atom stereocenters. The Bertz CT molecular complexity index is 479. The second-order valence-electron chi connectivity index (χ2n) is 3.38. The standard InChI is InChI=1S/C9H12N6OS/c10-9-15-14-7(17-9)2-1-3-11-8(16)6-4-12-13-5-6/h4-5H,1-3H2,(H2,10,15)(H,11,16)(H,12,13). The summed E-state index contributed by atoms with van der Waals surface area (Å²) in [6, 6.07) is 0. The van der Waals surface area contributed by atoms with Crippen LogP contribution in [0.2, 0.25) is 0 Å². The van der Waals surface area contributed by atoms with E-state index >= 15 is 0 Å². The van der Waals surface area contributed by atoms with Gasteiger partial charge in [0.05, 0.1) is 11.8 Å². The quantitative estimate of drug-likeness (QED) is 0.659. The summed E-state index contributed by atoms with van der Waals surface area (Å²) in [6.07, 6.45) is 4.61. The summed E-state index contributed by atoms with van der Waals surface area (Å²) < 4.78 is 0. The van der Waals surface area contributed by atoms with E-state index in [1.165, 1.54) is 17.5 Å². The number of H-pyrrole nitrogens is 1. The number of nitrogen functional groups attached to an aromatic ring is 1. The maximum atomic E-state index is 11.5. The summed E-state index contributed by atoms with van der Waals surface area (Å²) in [5, 5.41) is 18.1. The molecule has 0 aliphatic carbocycles. The van der Waals surface area contributed by atoms with Crippen LogP contribution in [0.3, 0.4) is 0 Å². The highest BCUT2D eigenvalue weighted by Gasteiger charge is 2.05. The Balaban J connectivity index is 1.68. The van der Waals surface area contributed by atoms with Gasteiger partial charge in [-0.15, -0.1) is 10.2 Å². The number of aryl methyl sites for hydroxylation is 1. The summed E-state index contributed by atoms with van der Waals surface area (Å²) in [5.74, 6) is -0.129. The van der Waals surface area contributed by atoms with Crippen LogP contribution in [-0.4, -0.2) is 32.8 Å². The van der Waals surface area contributed by atoms with Crippen molar-refractivity contribution in [2.24, 2.45) is 0 Å². The third kappa shape index (κ3) is 3.25. The fourth-order valence-corrected chi connectivity index (χ4v) is 1.94. The zero-order valence-electron chi connectivity index (χ0n) is 9.01. The van der Waals surface area contributed by atoms with Crippen molar-refractivity contribution in [3.8, 4) is 0 Å². The zero-order chi connectivity index (χ0) is 12.1. The van der Waals surface area contributed by atoms with E-state index < -0.39 is 0 Å². The maximum Gasteiger partial charge on any atom is 0.254 e. The molecule has 0 bridgehead atoms. The van der Waals surface area contributed by atoms with Crippen LogP contribution in [0.5, 0.6) is 0 Å². The third-order valence-corrected chi connectivity index (χ3v) is 2.91. The first kappa shape index (κ1) is 11.5. The summed E-state index contributed by atoms with van der Waals surface area (Å²) in [7, 11) is 0. The minimum atomic E-state index is -0.129. The molecule has 90 valence electrons. The molecule has 8 heteroatoms. The summed E-state index contributed by atoms with van der Waals surface area (Å²) >= 11 is 1.37. The molecule has 0 saturated carbocycles. The van der Waals surface area contributed by atoms with Crippen molar-refractivity contribution >= 4 is 22.4 Å². The van der Waals surface area contributed by atoms with E-state index in [1.807, 2.05) is 0 Å². The van der Waals surface area contributed by atoms with E-state index in [0.717, 1.165) is 17.8 Å². The zero-order valence-corrected chi connectivity index (χ0v) is 9.83. The first-order chi connectivity index (χ1) is 8.25. The molecule has 0 saturated heterocycles. The first-order valence-electron chi connectivity index (χ1n) is 5.10. The molecular weight excluding hydrogens is 240 g/mol. The Morgan fingerprint density at radius 2 is 2.41 bits per heavy atom. The Kier molecular flexibility index (Phi) is 3.66. The van der Waals surface area contributed by atoms with E-state index in [-0.39, 0.29) is 5.91 Å². The van der Waals surface area contributed by atoms with Crippen LogP contribution in [0.25, 0.3) is 0 Å². The summed E-state index contributed by atoms with van der Waals surface area (Å²) in [4.78, 5) is 11.5. The highest BCUT2D eigenvalue weighted by molar-refractivity contribution is 7.15. The summed E-state index contributed by atoms with van der Waals surface area (Å²) in [5.41, 5.74) is 5.99. The molecule has 0 aromatic carbocycles. The molecule has 0 fully saturated rings. The van der Waals surface area contributed by atoms with Gasteiger partial charge in [0.1, 0.15) is 5.01 Å². The number of nitrogens with zero attached hydrogens (tertiary/aromatic N) is 3. The van der Waals surface area contributed by atoms with Gasteiger partial charge < -0.3 is 11.1 Å². The number of hydrogen-bond acceptors (Lipinski definition) is 6. The van der Waals surface area contributed by atoms with E-state index in [2.05, 4.69) is 25.7 Å². The van der Waals surface area contributed by atoms with Gasteiger partial charge in [0.15, 0.2) is 0 Å². The molecule has 2 aromatic rings.